The van der Waals surface area contributed by atoms with E-state index in [-0.39, 0.29) is 0 Å². The number of hydrogen-bond donors (Lipinski definition) is 0. The van der Waals surface area contributed by atoms with Crippen molar-refractivity contribution in [1.82, 2.24) is 9.55 Å². The van der Waals surface area contributed by atoms with Gasteiger partial charge in [0.15, 0.2) is 0 Å². The summed E-state index contributed by atoms with van der Waals surface area (Å²) in [6.45, 7) is 2.83. The van der Waals surface area contributed by atoms with Crippen molar-refractivity contribution in [2.24, 2.45) is 0 Å². The molecular weight excluding hydrogens is 232 g/mol. The molecule has 0 bridgehead atoms. The Morgan fingerprint density at radius 3 is 2.83 bits per heavy atom. The van der Waals surface area contributed by atoms with Crippen molar-refractivity contribution >= 4 is 11.0 Å². The number of rotatable bonds is 8. The molecule has 98 valence electrons. The molecule has 0 aliphatic heterocycles. The van der Waals surface area contributed by atoms with E-state index in [1.165, 1.54) is 0 Å². The van der Waals surface area contributed by atoms with Crippen molar-refractivity contribution in [2.45, 2.75) is 6.54 Å². The fraction of sp³-hybridized carbons (Fsp3) is 0.462. The molecule has 0 fully saturated rings. The van der Waals surface area contributed by atoms with Crippen LogP contribution >= 0.6 is 0 Å². The Balaban J connectivity index is 1.70. The van der Waals surface area contributed by atoms with Gasteiger partial charge in [0.05, 0.1) is 37.2 Å². The number of hydrogen-bond acceptors (Lipinski definition) is 4. The fourth-order valence-electron chi connectivity index (χ4n) is 1.67. The zero-order valence-corrected chi connectivity index (χ0v) is 10.5. The molecule has 0 amide bonds. The Morgan fingerprint density at radius 1 is 1.11 bits per heavy atom. The summed E-state index contributed by atoms with van der Waals surface area (Å²) >= 11 is 0. The molecule has 0 aliphatic rings. The molecule has 0 saturated carbocycles. The molecule has 0 saturated heterocycles. The molecule has 1 aromatic heterocycles. The highest BCUT2D eigenvalue weighted by Gasteiger charge is 2.00. The first-order chi connectivity index (χ1) is 8.92. The van der Waals surface area contributed by atoms with Gasteiger partial charge in [-0.2, -0.15) is 0 Å². The first-order valence-electron chi connectivity index (χ1n) is 5.96. The third-order valence-corrected chi connectivity index (χ3v) is 2.60. The van der Waals surface area contributed by atoms with Gasteiger partial charge < -0.3 is 18.8 Å². The van der Waals surface area contributed by atoms with Crippen molar-refractivity contribution in [1.29, 1.82) is 0 Å². The SMILES string of the molecule is COCCOCOCCn1cnc2ccccc21. The van der Waals surface area contributed by atoms with Gasteiger partial charge in [0.1, 0.15) is 6.79 Å². The van der Waals surface area contributed by atoms with E-state index in [2.05, 4.69) is 15.6 Å². The molecule has 1 aromatic carbocycles. The molecular formula is C13H18N2O3. The van der Waals surface area contributed by atoms with Gasteiger partial charge in [0, 0.05) is 13.7 Å². The van der Waals surface area contributed by atoms with Gasteiger partial charge in [-0.3, -0.25) is 0 Å². The lowest BCUT2D eigenvalue weighted by Crippen LogP contribution is -2.10. The third kappa shape index (κ3) is 3.53. The minimum Gasteiger partial charge on any atom is -0.382 e. The third-order valence-electron chi connectivity index (χ3n) is 2.60. The quantitative estimate of drug-likeness (QED) is 0.528. The molecule has 0 spiro atoms. The number of imidazole rings is 1. The summed E-state index contributed by atoms with van der Waals surface area (Å²) in [6, 6.07) is 8.05. The van der Waals surface area contributed by atoms with Gasteiger partial charge in [-0.15, -0.1) is 0 Å². The molecule has 5 nitrogen and oxygen atoms in total. The van der Waals surface area contributed by atoms with Crippen molar-refractivity contribution in [3.05, 3.63) is 30.6 Å². The van der Waals surface area contributed by atoms with Gasteiger partial charge in [0.2, 0.25) is 0 Å². The van der Waals surface area contributed by atoms with Gasteiger partial charge in [-0.05, 0) is 12.1 Å². The molecule has 2 aromatic rings. The van der Waals surface area contributed by atoms with Crippen LogP contribution in [0.5, 0.6) is 0 Å². The number of benzene rings is 1. The fourth-order valence-corrected chi connectivity index (χ4v) is 1.67. The van der Waals surface area contributed by atoms with E-state index >= 15 is 0 Å². The van der Waals surface area contributed by atoms with Crippen molar-refractivity contribution in [2.75, 3.05) is 33.7 Å². The van der Waals surface area contributed by atoms with Crippen LogP contribution in [0.15, 0.2) is 30.6 Å². The topological polar surface area (TPSA) is 45.5 Å². The summed E-state index contributed by atoms with van der Waals surface area (Å²) in [7, 11) is 1.65. The smallest absolute Gasteiger partial charge is 0.146 e. The highest BCUT2D eigenvalue weighted by Crippen LogP contribution is 2.11. The summed E-state index contributed by atoms with van der Waals surface area (Å²) in [5, 5.41) is 0. The van der Waals surface area contributed by atoms with Crippen molar-refractivity contribution in [3.63, 3.8) is 0 Å². The minimum atomic E-state index is 0.302. The Labute approximate surface area is 106 Å². The van der Waals surface area contributed by atoms with Crippen LogP contribution in [0.1, 0.15) is 0 Å². The number of fused-ring (bicyclic) bond motifs is 1. The molecule has 1 heterocycles. The van der Waals surface area contributed by atoms with E-state index in [1.54, 1.807) is 7.11 Å². The van der Waals surface area contributed by atoms with Crippen LogP contribution in [0.2, 0.25) is 0 Å². The molecule has 0 aliphatic carbocycles. The lowest BCUT2D eigenvalue weighted by atomic mass is 10.3. The number of nitrogens with zero attached hydrogens (tertiary/aromatic N) is 2. The maximum Gasteiger partial charge on any atom is 0.146 e. The lowest BCUT2D eigenvalue weighted by molar-refractivity contribution is -0.0672. The first-order valence-corrected chi connectivity index (χ1v) is 5.96. The maximum absolute atomic E-state index is 5.38. The van der Waals surface area contributed by atoms with E-state index in [1.807, 2.05) is 24.5 Å². The monoisotopic (exact) mass is 250 g/mol. The van der Waals surface area contributed by atoms with Crippen LogP contribution < -0.4 is 0 Å². The Hall–Kier alpha value is -1.43. The largest absolute Gasteiger partial charge is 0.382 e. The predicted octanol–water partition coefficient (Wildman–Crippen LogP) is 1.67. The van der Waals surface area contributed by atoms with Gasteiger partial charge >= 0.3 is 0 Å². The Bertz CT molecular complexity index is 470. The predicted molar refractivity (Wildman–Crippen MR) is 68.4 cm³/mol. The first kappa shape index (κ1) is 13.0. The Morgan fingerprint density at radius 2 is 1.94 bits per heavy atom. The molecule has 2 rings (SSSR count). The highest BCUT2D eigenvalue weighted by molar-refractivity contribution is 5.74. The zero-order chi connectivity index (χ0) is 12.6. The van der Waals surface area contributed by atoms with E-state index < -0.39 is 0 Å². The van der Waals surface area contributed by atoms with Crippen LogP contribution in [-0.2, 0) is 20.8 Å². The van der Waals surface area contributed by atoms with Crippen LogP contribution in [0, 0.1) is 0 Å². The molecule has 0 N–H and O–H groups in total. The molecule has 0 atom stereocenters. The summed E-state index contributed by atoms with van der Waals surface area (Å²) in [4.78, 5) is 4.32. The second-order valence-corrected chi connectivity index (χ2v) is 3.85. The average Bonchev–Trinajstić information content (AvgIpc) is 2.81. The molecule has 0 radical (unpaired) electrons. The molecule has 0 unspecified atom stereocenters. The molecule has 18 heavy (non-hydrogen) atoms. The maximum atomic E-state index is 5.38. The van der Waals surface area contributed by atoms with Gasteiger partial charge in [-0.1, -0.05) is 12.1 Å². The van der Waals surface area contributed by atoms with Crippen LogP contribution in [0.25, 0.3) is 11.0 Å². The number of ether oxygens (including phenoxy) is 3. The van der Waals surface area contributed by atoms with Gasteiger partial charge in [0.25, 0.3) is 0 Å². The van der Waals surface area contributed by atoms with Crippen molar-refractivity contribution in [3.8, 4) is 0 Å². The zero-order valence-electron chi connectivity index (χ0n) is 10.5. The second-order valence-electron chi connectivity index (χ2n) is 3.85. The van der Waals surface area contributed by atoms with E-state index in [0.717, 1.165) is 17.6 Å². The number of methoxy groups -OCH3 is 1. The van der Waals surface area contributed by atoms with Gasteiger partial charge in [-0.25, -0.2) is 4.98 Å². The van der Waals surface area contributed by atoms with Crippen LogP contribution in [0.3, 0.4) is 0 Å². The number of aromatic nitrogens is 2. The summed E-state index contributed by atoms with van der Waals surface area (Å²) in [5.74, 6) is 0. The minimum absolute atomic E-state index is 0.302. The van der Waals surface area contributed by atoms with E-state index in [0.29, 0.717) is 26.6 Å². The van der Waals surface area contributed by atoms with Crippen molar-refractivity contribution < 1.29 is 14.2 Å². The number of para-hydroxylation sites is 2. The Kier molecular flexibility index (Phi) is 5.14. The normalized spacial score (nSPS) is 11.2. The summed E-state index contributed by atoms with van der Waals surface area (Å²) in [6.07, 6.45) is 1.83. The van der Waals surface area contributed by atoms with E-state index in [9.17, 15) is 0 Å². The summed E-state index contributed by atoms with van der Waals surface area (Å²) < 4.78 is 17.5. The lowest BCUT2D eigenvalue weighted by Gasteiger charge is -2.06. The standard InChI is InChI=1S/C13H18N2O3/c1-16-8-9-18-11-17-7-6-15-10-14-12-4-2-3-5-13(12)15/h2-5,10H,6-9,11H2,1H3. The summed E-state index contributed by atoms with van der Waals surface area (Å²) in [5.41, 5.74) is 2.13. The molecule has 5 heteroatoms. The van der Waals surface area contributed by atoms with Crippen LogP contribution in [0.4, 0.5) is 0 Å². The van der Waals surface area contributed by atoms with Crippen LogP contribution in [-0.4, -0.2) is 43.3 Å². The highest BCUT2D eigenvalue weighted by atomic mass is 16.7. The average molecular weight is 250 g/mol. The van der Waals surface area contributed by atoms with E-state index in [4.69, 9.17) is 14.2 Å². The second kappa shape index (κ2) is 7.10.